The van der Waals surface area contributed by atoms with Gasteiger partial charge in [-0.05, 0) is 12.1 Å². The Bertz CT molecular complexity index is 652. The fourth-order valence-electron chi connectivity index (χ4n) is 1.96. The Hall–Kier alpha value is -2.16. The number of nitrogens with zero attached hydrogens (tertiary/aromatic N) is 3. The fourth-order valence-corrected chi connectivity index (χ4v) is 2.51. The second kappa shape index (κ2) is 5.56. The molecule has 116 valence electrons. The van der Waals surface area contributed by atoms with Crippen molar-refractivity contribution in [2.45, 2.75) is 12.3 Å². The second-order valence-electron chi connectivity index (χ2n) is 4.68. The van der Waals surface area contributed by atoms with Crippen LogP contribution >= 0.6 is 11.3 Å². The van der Waals surface area contributed by atoms with Crippen LogP contribution in [0.15, 0.2) is 29.9 Å². The molecule has 0 atom stereocenters. The number of thiazole rings is 1. The molecule has 22 heavy (non-hydrogen) atoms. The number of amides is 1. The van der Waals surface area contributed by atoms with Crippen molar-refractivity contribution in [3.8, 4) is 5.19 Å². The second-order valence-corrected chi connectivity index (χ2v) is 5.53. The molecule has 0 saturated carbocycles. The zero-order chi connectivity index (χ0) is 15.7. The van der Waals surface area contributed by atoms with Crippen LogP contribution in [-0.4, -0.2) is 40.0 Å². The van der Waals surface area contributed by atoms with Gasteiger partial charge < -0.3 is 9.64 Å². The van der Waals surface area contributed by atoms with Crippen molar-refractivity contribution in [1.29, 1.82) is 0 Å². The van der Waals surface area contributed by atoms with Gasteiger partial charge in [0.05, 0.1) is 18.7 Å². The molecule has 0 bridgehead atoms. The summed E-state index contributed by atoms with van der Waals surface area (Å²) in [5.74, 6) is -0.361. The number of ether oxygens (including phenoxy) is 1. The average molecular weight is 329 g/mol. The molecule has 5 nitrogen and oxygen atoms in total. The van der Waals surface area contributed by atoms with E-state index in [0.29, 0.717) is 18.3 Å². The molecular formula is C13H10F3N3O2S. The van der Waals surface area contributed by atoms with Crippen molar-refractivity contribution >= 4 is 17.2 Å². The van der Waals surface area contributed by atoms with Crippen molar-refractivity contribution in [3.05, 3.63) is 41.2 Å². The van der Waals surface area contributed by atoms with Gasteiger partial charge in [0.15, 0.2) is 0 Å². The Morgan fingerprint density at radius 1 is 1.32 bits per heavy atom. The lowest BCUT2D eigenvalue weighted by Gasteiger charge is -2.38. The molecule has 1 aliphatic heterocycles. The zero-order valence-corrected chi connectivity index (χ0v) is 11.9. The molecule has 0 aromatic carbocycles. The lowest BCUT2D eigenvalue weighted by atomic mass is 10.1. The highest BCUT2D eigenvalue weighted by Crippen LogP contribution is 2.27. The number of hydrogen-bond acceptors (Lipinski definition) is 5. The molecule has 0 radical (unpaired) electrons. The summed E-state index contributed by atoms with van der Waals surface area (Å²) in [6.07, 6.45) is -2.09. The van der Waals surface area contributed by atoms with E-state index in [-0.39, 0.29) is 17.6 Å². The third-order valence-electron chi connectivity index (χ3n) is 3.11. The first-order valence-corrected chi connectivity index (χ1v) is 7.20. The average Bonchev–Trinajstić information content (AvgIpc) is 2.94. The lowest BCUT2D eigenvalue weighted by Crippen LogP contribution is -2.56. The number of halogens is 3. The molecule has 0 aliphatic carbocycles. The van der Waals surface area contributed by atoms with E-state index in [2.05, 4.69) is 9.97 Å². The number of carbonyl (C=O) groups is 1. The summed E-state index contributed by atoms with van der Waals surface area (Å²) in [6, 6.07) is 1.93. The molecule has 3 heterocycles. The highest BCUT2D eigenvalue weighted by atomic mass is 32.1. The third kappa shape index (κ3) is 3.03. The van der Waals surface area contributed by atoms with Crippen LogP contribution in [-0.2, 0) is 6.18 Å². The van der Waals surface area contributed by atoms with Crippen LogP contribution < -0.4 is 4.74 Å². The fraction of sp³-hybridized carbons (Fsp3) is 0.308. The number of rotatable bonds is 3. The van der Waals surface area contributed by atoms with E-state index in [1.165, 1.54) is 16.2 Å². The number of pyridine rings is 1. The topological polar surface area (TPSA) is 55.3 Å². The van der Waals surface area contributed by atoms with Crippen molar-refractivity contribution in [1.82, 2.24) is 14.9 Å². The quantitative estimate of drug-likeness (QED) is 0.868. The predicted octanol–water partition coefficient (Wildman–Crippen LogP) is 2.46. The van der Waals surface area contributed by atoms with Gasteiger partial charge >= 0.3 is 6.18 Å². The normalized spacial score (nSPS) is 15.5. The van der Waals surface area contributed by atoms with Gasteiger partial charge in [0.1, 0.15) is 11.8 Å². The Morgan fingerprint density at radius 3 is 2.64 bits per heavy atom. The summed E-state index contributed by atoms with van der Waals surface area (Å²) >= 11 is 1.36. The van der Waals surface area contributed by atoms with E-state index < -0.39 is 11.9 Å². The van der Waals surface area contributed by atoms with Crippen molar-refractivity contribution < 1.29 is 22.7 Å². The maximum absolute atomic E-state index is 12.4. The molecular weight excluding hydrogens is 319 g/mol. The van der Waals surface area contributed by atoms with E-state index in [4.69, 9.17) is 4.74 Å². The molecule has 2 aromatic heterocycles. The first-order valence-electron chi connectivity index (χ1n) is 6.32. The molecule has 0 spiro atoms. The highest BCUT2D eigenvalue weighted by Gasteiger charge is 2.35. The number of likely N-dealkylation sites (tertiary alicyclic amines) is 1. The Labute approximate surface area is 127 Å². The lowest BCUT2D eigenvalue weighted by molar-refractivity contribution is -0.141. The zero-order valence-electron chi connectivity index (χ0n) is 11.1. The van der Waals surface area contributed by atoms with Crippen LogP contribution in [0.3, 0.4) is 0 Å². The van der Waals surface area contributed by atoms with E-state index in [1.54, 1.807) is 11.6 Å². The van der Waals surface area contributed by atoms with Crippen LogP contribution in [0.5, 0.6) is 5.19 Å². The van der Waals surface area contributed by atoms with Crippen molar-refractivity contribution in [2.24, 2.45) is 0 Å². The summed E-state index contributed by atoms with van der Waals surface area (Å²) < 4.78 is 42.7. The Balaban J connectivity index is 1.57. The largest absolute Gasteiger partial charge is 0.463 e. The number of hydrogen-bond donors (Lipinski definition) is 0. The Kier molecular flexibility index (Phi) is 3.73. The van der Waals surface area contributed by atoms with Gasteiger partial charge in [-0.3, -0.25) is 9.78 Å². The van der Waals surface area contributed by atoms with Crippen molar-refractivity contribution in [2.75, 3.05) is 13.1 Å². The van der Waals surface area contributed by atoms with E-state index in [9.17, 15) is 18.0 Å². The molecule has 9 heteroatoms. The van der Waals surface area contributed by atoms with Gasteiger partial charge in [-0.2, -0.15) is 13.2 Å². The summed E-state index contributed by atoms with van der Waals surface area (Å²) in [4.78, 5) is 20.8. The van der Waals surface area contributed by atoms with Crippen LogP contribution in [0, 0.1) is 0 Å². The standard InChI is InChI=1S/C13H10F3N3O2S/c14-13(15,16)10-2-1-8(5-18-10)11(20)19-6-9(7-19)21-12-17-3-4-22-12/h1-5,9H,6-7H2. The minimum absolute atomic E-state index is 0.126. The summed E-state index contributed by atoms with van der Waals surface area (Å²) in [6.45, 7) is 0.749. The third-order valence-corrected chi connectivity index (χ3v) is 3.77. The smallest absolute Gasteiger partial charge is 0.433 e. The summed E-state index contributed by atoms with van der Waals surface area (Å²) in [7, 11) is 0. The van der Waals surface area contributed by atoms with E-state index >= 15 is 0 Å². The van der Waals surface area contributed by atoms with Gasteiger partial charge in [-0.15, -0.1) is 0 Å². The maximum Gasteiger partial charge on any atom is 0.433 e. The van der Waals surface area contributed by atoms with Gasteiger partial charge in [-0.25, -0.2) is 4.98 Å². The minimum Gasteiger partial charge on any atom is -0.463 e. The number of carbonyl (C=O) groups excluding carboxylic acids is 1. The number of alkyl halides is 3. The van der Waals surface area contributed by atoms with Crippen LogP contribution in [0.2, 0.25) is 0 Å². The molecule has 1 amide bonds. The molecule has 1 fully saturated rings. The van der Waals surface area contributed by atoms with Crippen LogP contribution in [0.25, 0.3) is 0 Å². The van der Waals surface area contributed by atoms with E-state index in [1.807, 2.05) is 0 Å². The van der Waals surface area contributed by atoms with Crippen LogP contribution in [0.4, 0.5) is 13.2 Å². The predicted molar refractivity (Wildman–Crippen MR) is 71.7 cm³/mol. The molecule has 1 aliphatic rings. The van der Waals surface area contributed by atoms with Crippen molar-refractivity contribution in [3.63, 3.8) is 0 Å². The van der Waals surface area contributed by atoms with E-state index in [0.717, 1.165) is 18.3 Å². The van der Waals surface area contributed by atoms with Gasteiger partial charge in [0, 0.05) is 17.8 Å². The summed E-state index contributed by atoms with van der Waals surface area (Å²) in [5.41, 5.74) is -0.890. The molecule has 0 N–H and O–H groups in total. The SMILES string of the molecule is O=C(c1ccc(C(F)(F)F)nc1)N1CC(Oc2nccs2)C1. The minimum atomic E-state index is -4.51. The first kappa shape index (κ1) is 14.8. The van der Waals surface area contributed by atoms with Gasteiger partial charge in [0.2, 0.25) is 0 Å². The molecule has 3 rings (SSSR count). The summed E-state index contributed by atoms with van der Waals surface area (Å²) in [5, 5.41) is 2.32. The van der Waals surface area contributed by atoms with Gasteiger partial charge in [0.25, 0.3) is 11.1 Å². The first-order chi connectivity index (χ1) is 10.4. The molecule has 0 unspecified atom stereocenters. The maximum atomic E-state index is 12.4. The highest BCUT2D eigenvalue weighted by molar-refractivity contribution is 7.11. The van der Waals surface area contributed by atoms with Gasteiger partial charge in [-0.1, -0.05) is 11.3 Å². The monoisotopic (exact) mass is 329 g/mol. The number of aromatic nitrogens is 2. The van der Waals surface area contributed by atoms with Crippen LogP contribution in [0.1, 0.15) is 16.1 Å². The molecule has 1 saturated heterocycles. The molecule has 2 aromatic rings. The Morgan fingerprint density at radius 2 is 2.09 bits per heavy atom.